The number of carbonyl (C=O) groups excluding carboxylic acids is 2. The van der Waals surface area contributed by atoms with Gasteiger partial charge in [-0.2, -0.15) is 4.31 Å². The summed E-state index contributed by atoms with van der Waals surface area (Å²) >= 11 is 0. The van der Waals surface area contributed by atoms with Crippen LogP contribution in [0.1, 0.15) is 75.1 Å². The Morgan fingerprint density at radius 2 is 1.66 bits per heavy atom. The average Bonchev–Trinajstić information content (AvgIpc) is 3.09. The number of nitrogens with one attached hydrogen (secondary N) is 2. The molecule has 9 heteroatoms. The zero-order valence-electron chi connectivity index (χ0n) is 19.1. The molecule has 1 aromatic rings. The number of hydrogen-bond donors (Lipinski definition) is 2. The number of likely N-dealkylation sites (N-methyl/N-ethyl adjacent to an activating group) is 1. The minimum absolute atomic E-state index is 0.0704. The van der Waals surface area contributed by atoms with Crippen LogP contribution in [-0.2, 0) is 14.8 Å². The highest BCUT2D eigenvalue weighted by Gasteiger charge is 2.41. The van der Waals surface area contributed by atoms with Crippen LogP contribution in [0, 0.1) is 0 Å². The van der Waals surface area contributed by atoms with E-state index in [9.17, 15) is 18.0 Å². The summed E-state index contributed by atoms with van der Waals surface area (Å²) in [5.74, 6) is -0.414. The van der Waals surface area contributed by atoms with Crippen LogP contribution in [-0.4, -0.2) is 56.8 Å². The maximum absolute atomic E-state index is 13.3. The van der Waals surface area contributed by atoms with Crippen molar-refractivity contribution in [1.82, 2.24) is 14.9 Å². The van der Waals surface area contributed by atoms with Crippen LogP contribution in [0.25, 0.3) is 0 Å². The first-order valence-corrected chi connectivity index (χ1v) is 13.1. The van der Waals surface area contributed by atoms with E-state index in [0.29, 0.717) is 32.5 Å². The van der Waals surface area contributed by atoms with Crippen molar-refractivity contribution < 1.29 is 22.7 Å². The minimum atomic E-state index is -3.72. The Morgan fingerprint density at radius 3 is 2.25 bits per heavy atom. The van der Waals surface area contributed by atoms with Crippen molar-refractivity contribution >= 4 is 21.8 Å². The second kappa shape index (κ2) is 10.7. The molecule has 2 N–H and O–H groups in total. The molecule has 0 bridgehead atoms. The van der Waals surface area contributed by atoms with Crippen molar-refractivity contribution in [2.24, 2.45) is 0 Å². The summed E-state index contributed by atoms with van der Waals surface area (Å²) < 4.78 is 33.4. The summed E-state index contributed by atoms with van der Waals surface area (Å²) in [6, 6.07) is 4.37. The Bertz CT molecular complexity index is 918. The molecule has 1 aromatic carbocycles. The fourth-order valence-corrected chi connectivity index (χ4v) is 6.18. The maximum Gasteiger partial charge on any atom is 0.255 e. The fourth-order valence-electron chi connectivity index (χ4n) is 4.63. The van der Waals surface area contributed by atoms with E-state index in [1.165, 1.54) is 29.6 Å². The van der Waals surface area contributed by atoms with Crippen LogP contribution in [0.2, 0.25) is 0 Å². The third kappa shape index (κ3) is 5.26. The SMILES string of the molecule is CCNC(=O)C1(NC(=O)c2cc(S(=O)(=O)N3CCCCCC3)ccc2OC)CCCCC1. The van der Waals surface area contributed by atoms with Crippen LogP contribution in [0.5, 0.6) is 5.75 Å². The summed E-state index contributed by atoms with van der Waals surface area (Å²) in [7, 11) is -2.28. The van der Waals surface area contributed by atoms with Crippen molar-refractivity contribution in [2.45, 2.75) is 75.1 Å². The number of rotatable bonds is 7. The molecular formula is C23H35N3O5S. The Balaban J connectivity index is 1.92. The Labute approximate surface area is 191 Å². The predicted molar refractivity (Wildman–Crippen MR) is 122 cm³/mol. The largest absolute Gasteiger partial charge is 0.496 e. The van der Waals surface area contributed by atoms with E-state index in [1.54, 1.807) is 0 Å². The van der Waals surface area contributed by atoms with Gasteiger partial charge in [-0.25, -0.2) is 8.42 Å². The number of sulfonamides is 1. The number of amides is 2. The summed E-state index contributed by atoms with van der Waals surface area (Å²) in [5, 5.41) is 5.78. The van der Waals surface area contributed by atoms with Crippen LogP contribution in [0.4, 0.5) is 0 Å². The quantitative estimate of drug-likeness (QED) is 0.644. The second-order valence-corrected chi connectivity index (χ2v) is 10.6. The Morgan fingerprint density at radius 1 is 1.03 bits per heavy atom. The number of ether oxygens (including phenoxy) is 1. The van der Waals surface area contributed by atoms with Gasteiger partial charge in [0, 0.05) is 19.6 Å². The topological polar surface area (TPSA) is 105 Å². The van der Waals surface area contributed by atoms with Crippen LogP contribution in [0.3, 0.4) is 0 Å². The van der Waals surface area contributed by atoms with Crippen molar-refractivity contribution in [2.75, 3.05) is 26.7 Å². The number of methoxy groups -OCH3 is 1. The van der Waals surface area contributed by atoms with Crippen LogP contribution in [0.15, 0.2) is 23.1 Å². The number of carbonyl (C=O) groups is 2. The van der Waals surface area contributed by atoms with Crippen molar-refractivity contribution in [3.05, 3.63) is 23.8 Å². The molecule has 0 aromatic heterocycles. The predicted octanol–water partition coefficient (Wildman–Crippen LogP) is 2.83. The lowest BCUT2D eigenvalue weighted by atomic mass is 9.80. The number of nitrogens with zero attached hydrogens (tertiary/aromatic N) is 1. The summed E-state index contributed by atoms with van der Waals surface area (Å²) in [5.41, 5.74) is -0.867. The Hall–Kier alpha value is -2.13. The molecule has 2 aliphatic rings. The first-order valence-electron chi connectivity index (χ1n) is 11.6. The molecule has 32 heavy (non-hydrogen) atoms. The van der Waals surface area contributed by atoms with E-state index in [0.717, 1.165) is 44.9 Å². The lowest BCUT2D eigenvalue weighted by Crippen LogP contribution is -2.59. The van der Waals surface area contributed by atoms with Crippen molar-refractivity contribution in [1.29, 1.82) is 0 Å². The van der Waals surface area contributed by atoms with Crippen LogP contribution >= 0.6 is 0 Å². The molecule has 0 spiro atoms. The van der Waals surface area contributed by atoms with Gasteiger partial charge in [-0.1, -0.05) is 32.1 Å². The molecule has 3 rings (SSSR count). The lowest BCUT2D eigenvalue weighted by Gasteiger charge is -2.36. The van der Waals surface area contributed by atoms with Gasteiger partial charge in [0.15, 0.2) is 0 Å². The second-order valence-electron chi connectivity index (χ2n) is 8.64. The first kappa shape index (κ1) is 24.5. The molecule has 1 saturated heterocycles. The zero-order valence-corrected chi connectivity index (χ0v) is 19.9. The van der Waals surface area contributed by atoms with Gasteiger partial charge in [0.05, 0.1) is 17.6 Å². The van der Waals surface area contributed by atoms with E-state index in [1.807, 2.05) is 6.92 Å². The lowest BCUT2D eigenvalue weighted by molar-refractivity contribution is -0.128. The van der Waals surface area contributed by atoms with Gasteiger partial charge >= 0.3 is 0 Å². The highest BCUT2D eigenvalue weighted by molar-refractivity contribution is 7.89. The molecule has 0 atom stereocenters. The van der Waals surface area contributed by atoms with Gasteiger partial charge in [0.1, 0.15) is 11.3 Å². The molecule has 1 aliphatic heterocycles. The molecule has 1 aliphatic carbocycles. The van der Waals surface area contributed by atoms with Gasteiger partial charge < -0.3 is 15.4 Å². The van der Waals surface area contributed by atoms with Gasteiger partial charge in [-0.15, -0.1) is 0 Å². The average molecular weight is 466 g/mol. The van der Waals surface area contributed by atoms with Gasteiger partial charge in [-0.3, -0.25) is 9.59 Å². The van der Waals surface area contributed by atoms with Crippen molar-refractivity contribution in [3.8, 4) is 5.75 Å². The number of hydrogen-bond acceptors (Lipinski definition) is 5. The molecule has 2 amide bonds. The third-order valence-corrected chi connectivity index (χ3v) is 8.34. The van der Waals surface area contributed by atoms with Crippen LogP contribution < -0.4 is 15.4 Å². The Kier molecular flexibility index (Phi) is 8.16. The smallest absolute Gasteiger partial charge is 0.255 e. The summed E-state index contributed by atoms with van der Waals surface area (Å²) in [6.07, 6.45) is 7.51. The normalized spacial score (nSPS) is 19.6. The van der Waals surface area contributed by atoms with E-state index < -0.39 is 21.5 Å². The highest BCUT2D eigenvalue weighted by Crippen LogP contribution is 2.31. The molecule has 2 fully saturated rings. The molecule has 1 heterocycles. The van der Waals surface area contributed by atoms with Gasteiger partial charge in [-0.05, 0) is 50.8 Å². The van der Waals surface area contributed by atoms with Crippen molar-refractivity contribution in [3.63, 3.8) is 0 Å². The standard InChI is InChI=1S/C23H35N3O5S/c1-3-24-22(28)23(13-7-6-8-14-23)25-21(27)19-17-18(11-12-20(19)31-2)32(29,30)26-15-9-4-5-10-16-26/h11-12,17H,3-10,13-16H2,1-2H3,(H,24,28)(H,25,27). The van der Waals surface area contributed by atoms with E-state index in [2.05, 4.69) is 10.6 Å². The van der Waals surface area contributed by atoms with E-state index in [4.69, 9.17) is 4.74 Å². The first-order chi connectivity index (χ1) is 15.3. The molecule has 1 saturated carbocycles. The minimum Gasteiger partial charge on any atom is -0.496 e. The molecule has 8 nitrogen and oxygen atoms in total. The third-order valence-electron chi connectivity index (χ3n) is 6.45. The fraction of sp³-hybridized carbons (Fsp3) is 0.652. The number of benzene rings is 1. The van der Waals surface area contributed by atoms with Gasteiger partial charge in [0.2, 0.25) is 15.9 Å². The molecule has 178 valence electrons. The van der Waals surface area contributed by atoms with E-state index in [-0.39, 0.29) is 22.1 Å². The van der Waals surface area contributed by atoms with Gasteiger partial charge in [0.25, 0.3) is 5.91 Å². The monoisotopic (exact) mass is 465 g/mol. The zero-order chi connectivity index (χ0) is 23.2. The summed E-state index contributed by atoms with van der Waals surface area (Å²) in [4.78, 5) is 26.3. The molecular weight excluding hydrogens is 430 g/mol. The molecule has 0 radical (unpaired) electrons. The highest BCUT2D eigenvalue weighted by atomic mass is 32.2. The van der Waals surface area contributed by atoms with E-state index >= 15 is 0 Å². The molecule has 0 unspecified atom stereocenters. The summed E-state index contributed by atoms with van der Waals surface area (Å²) in [6.45, 7) is 3.28. The maximum atomic E-state index is 13.3.